The van der Waals surface area contributed by atoms with E-state index in [4.69, 9.17) is 11.5 Å². The third-order valence-electron chi connectivity index (χ3n) is 2.43. The van der Waals surface area contributed by atoms with E-state index in [0.29, 0.717) is 11.6 Å². The third-order valence-corrected chi connectivity index (χ3v) is 2.43. The topological polar surface area (TPSA) is 89.8 Å². The molecular weight excluding hydrogens is 190 g/mol. The molecule has 1 heterocycles. The van der Waals surface area contributed by atoms with Crippen LogP contribution in [0.3, 0.4) is 0 Å². The van der Waals surface area contributed by atoms with Crippen molar-refractivity contribution in [3.05, 3.63) is 6.07 Å². The molecule has 0 radical (unpaired) electrons. The Bertz CT molecular complexity index is 322. The average molecular weight is 209 g/mol. The molecule has 5 nitrogen and oxygen atoms in total. The van der Waals surface area contributed by atoms with Crippen LogP contribution in [0.5, 0.6) is 0 Å². The number of nitrogen functional groups attached to an aromatic ring is 2. The van der Waals surface area contributed by atoms with Gasteiger partial charge in [-0.3, -0.25) is 0 Å². The minimum atomic E-state index is 0.147. The molecule has 0 aliphatic rings. The predicted molar refractivity (Wildman–Crippen MR) is 63.4 cm³/mol. The molecule has 0 fully saturated rings. The highest BCUT2D eigenvalue weighted by atomic mass is 15.1. The van der Waals surface area contributed by atoms with Crippen molar-refractivity contribution >= 4 is 17.6 Å². The Morgan fingerprint density at radius 3 is 2.33 bits per heavy atom. The number of nitrogens with zero attached hydrogens (tertiary/aromatic N) is 2. The highest BCUT2D eigenvalue weighted by Crippen LogP contribution is 2.22. The molecule has 5 N–H and O–H groups in total. The zero-order valence-electron chi connectivity index (χ0n) is 9.70. The summed E-state index contributed by atoms with van der Waals surface area (Å²) >= 11 is 0. The van der Waals surface area contributed by atoms with Crippen LogP contribution >= 0.6 is 0 Å². The Hall–Kier alpha value is -1.52. The van der Waals surface area contributed by atoms with E-state index in [0.717, 1.165) is 0 Å². The van der Waals surface area contributed by atoms with Gasteiger partial charge in [0.25, 0.3) is 0 Å². The molecule has 1 atom stereocenters. The van der Waals surface area contributed by atoms with Crippen molar-refractivity contribution in [3.8, 4) is 0 Å². The Balaban J connectivity index is 2.81. The first-order chi connectivity index (χ1) is 6.79. The molecular formula is C10H19N5. The number of nitrogens with one attached hydrogen (secondary N) is 1. The Morgan fingerprint density at radius 1 is 1.27 bits per heavy atom. The second-order valence-corrected chi connectivity index (χ2v) is 4.77. The first-order valence-electron chi connectivity index (χ1n) is 4.95. The zero-order chi connectivity index (χ0) is 11.6. The van der Waals surface area contributed by atoms with Gasteiger partial charge in [0.15, 0.2) is 0 Å². The SMILES string of the molecule is C[C@H](Nc1cc(N)nc(N)n1)C(C)(C)C. The molecule has 0 saturated heterocycles. The van der Waals surface area contributed by atoms with Crippen molar-refractivity contribution < 1.29 is 0 Å². The Labute approximate surface area is 90.3 Å². The first kappa shape index (κ1) is 11.6. The highest BCUT2D eigenvalue weighted by molar-refractivity contribution is 5.48. The fourth-order valence-corrected chi connectivity index (χ4v) is 0.998. The van der Waals surface area contributed by atoms with E-state index in [-0.39, 0.29) is 17.4 Å². The second kappa shape index (κ2) is 3.92. The van der Waals surface area contributed by atoms with Crippen LogP contribution in [0.15, 0.2) is 6.07 Å². The van der Waals surface area contributed by atoms with Crippen LogP contribution in [0, 0.1) is 5.41 Å². The van der Waals surface area contributed by atoms with Gasteiger partial charge < -0.3 is 16.8 Å². The van der Waals surface area contributed by atoms with Gasteiger partial charge in [-0.2, -0.15) is 9.97 Å². The summed E-state index contributed by atoms with van der Waals surface area (Å²) in [5, 5.41) is 3.25. The minimum Gasteiger partial charge on any atom is -0.383 e. The van der Waals surface area contributed by atoms with Crippen molar-refractivity contribution in [2.24, 2.45) is 5.41 Å². The molecule has 5 heteroatoms. The summed E-state index contributed by atoms with van der Waals surface area (Å²) in [6.45, 7) is 8.55. The molecule has 1 aromatic rings. The summed E-state index contributed by atoms with van der Waals surface area (Å²) in [6, 6.07) is 1.95. The standard InChI is InChI=1S/C10H19N5/c1-6(10(2,3)4)13-8-5-7(11)14-9(12)15-8/h5-6H,1-4H3,(H5,11,12,13,14,15)/t6-/m0/s1. The highest BCUT2D eigenvalue weighted by Gasteiger charge is 2.20. The molecule has 0 spiro atoms. The fourth-order valence-electron chi connectivity index (χ4n) is 0.998. The van der Waals surface area contributed by atoms with Gasteiger partial charge in [-0.05, 0) is 12.3 Å². The molecule has 0 amide bonds. The Kier molecular flexibility index (Phi) is 3.02. The Morgan fingerprint density at radius 2 is 1.87 bits per heavy atom. The molecule has 1 rings (SSSR count). The van der Waals surface area contributed by atoms with Crippen LogP contribution in [0.2, 0.25) is 0 Å². The van der Waals surface area contributed by atoms with Gasteiger partial charge in [0.1, 0.15) is 11.6 Å². The second-order valence-electron chi connectivity index (χ2n) is 4.77. The molecule has 15 heavy (non-hydrogen) atoms. The normalized spacial score (nSPS) is 13.6. The summed E-state index contributed by atoms with van der Waals surface area (Å²) in [4.78, 5) is 7.87. The molecule has 0 bridgehead atoms. The molecule has 0 aliphatic carbocycles. The number of hydrogen-bond donors (Lipinski definition) is 3. The van der Waals surface area contributed by atoms with Gasteiger partial charge in [-0.15, -0.1) is 0 Å². The fraction of sp³-hybridized carbons (Fsp3) is 0.600. The van der Waals surface area contributed by atoms with E-state index in [2.05, 4.69) is 43.0 Å². The summed E-state index contributed by atoms with van der Waals surface area (Å²) in [7, 11) is 0. The number of anilines is 3. The number of rotatable bonds is 2. The molecule has 1 aromatic heterocycles. The van der Waals surface area contributed by atoms with Gasteiger partial charge in [0, 0.05) is 12.1 Å². The summed E-state index contributed by atoms with van der Waals surface area (Å²) < 4.78 is 0. The van der Waals surface area contributed by atoms with Crippen LogP contribution in [0.4, 0.5) is 17.6 Å². The van der Waals surface area contributed by atoms with E-state index in [1.54, 1.807) is 6.07 Å². The van der Waals surface area contributed by atoms with Gasteiger partial charge >= 0.3 is 0 Å². The zero-order valence-corrected chi connectivity index (χ0v) is 9.70. The van der Waals surface area contributed by atoms with E-state index >= 15 is 0 Å². The van der Waals surface area contributed by atoms with Gasteiger partial charge in [0.2, 0.25) is 5.95 Å². The first-order valence-corrected chi connectivity index (χ1v) is 4.95. The summed E-state index contributed by atoms with van der Waals surface area (Å²) in [5.74, 6) is 1.24. The van der Waals surface area contributed by atoms with Crippen molar-refractivity contribution in [3.63, 3.8) is 0 Å². The van der Waals surface area contributed by atoms with Gasteiger partial charge in [-0.1, -0.05) is 20.8 Å². The molecule has 0 saturated carbocycles. The van der Waals surface area contributed by atoms with Crippen molar-refractivity contribution in [2.75, 3.05) is 16.8 Å². The van der Waals surface area contributed by atoms with Gasteiger partial charge in [0.05, 0.1) is 0 Å². The van der Waals surface area contributed by atoms with Crippen LogP contribution in [-0.4, -0.2) is 16.0 Å². The maximum atomic E-state index is 5.57. The van der Waals surface area contributed by atoms with Crippen LogP contribution in [0.1, 0.15) is 27.7 Å². The van der Waals surface area contributed by atoms with Crippen molar-refractivity contribution in [2.45, 2.75) is 33.7 Å². The average Bonchev–Trinajstić information content (AvgIpc) is 1.99. The maximum absolute atomic E-state index is 5.57. The smallest absolute Gasteiger partial charge is 0.223 e. The maximum Gasteiger partial charge on any atom is 0.223 e. The van der Waals surface area contributed by atoms with E-state index in [1.165, 1.54) is 0 Å². The minimum absolute atomic E-state index is 0.147. The van der Waals surface area contributed by atoms with Gasteiger partial charge in [-0.25, -0.2) is 0 Å². The van der Waals surface area contributed by atoms with Crippen LogP contribution in [-0.2, 0) is 0 Å². The number of nitrogens with two attached hydrogens (primary N) is 2. The lowest BCUT2D eigenvalue weighted by molar-refractivity contribution is 0.359. The lowest BCUT2D eigenvalue weighted by Gasteiger charge is -2.28. The van der Waals surface area contributed by atoms with E-state index < -0.39 is 0 Å². The molecule has 0 unspecified atom stereocenters. The monoisotopic (exact) mass is 209 g/mol. The van der Waals surface area contributed by atoms with E-state index in [1.807, 2.05) is 0 Å². The lowest BCUT2D eigenvalue weighted by atomic mass is 9.88. The quantitative estimate of drug-likeness (QED) is 0.686. The molecule has 0 aliphatic heterocycles. The number of hydrogen-bond acceptors (Lipinski definition) is 5. The summed E-state index contributed by atoms with van der Waals surface area (Å²) in [6.07, 6.45) is 0. The predicted octanol–water partition coefficient (Wildman–Crippen LogP) is 1.49. The largest absolute Gasteiger partial charge is 0.383 e. The van der Waals surface area contributed by atoms with Crippen molar-refractivity contribution in [1.82, 2.24) is 9.97 Å². The van der Waals surface area contributed by atoms with Crippen LogP contribution in [0.25, 0.3) is 0 Å². The molecule has 84 valence electrons. The van der Waals surface area contributed by atoms with Crippen LogP contribution < -0.4 is 16.8 Å². The van der Waals surface area contributed by atoms with E-state index in [9.17, 15) is 0 Å². The van der Waals surface area contributed by atoms with Crippen molar-refractivity contribution in [1.29, 1.82) is 0 Å². The third kappa shape index (κ3) is 3.27. The molecule has 0 aromatic carbocycles. The summed E-state index contributed by atoms with van der Waals surface area (Å²) in [5.41, 5.74) is 11.2. The lowest BCUT2D eigenvalue weighted by Crippen LogP contribution is -2.31. The number of aromatic nitrogens is 2.